The van der Waals surface area contributed by atoms with Crippen molar-refractivity contribution in [3.63, 3.8) is 0 Å². The van der Waals surface area contributed by atoms with Gasteiger partial charge in [-0.15, -0.1) is 0 Å². The molecule has 0 spiro atoms. The second kappa shape index (κ2) is 8.06. The number of nitriles is 1. The van der Waals surface area contributed by atoms with Crippen molar-refractivity contribution in [2.45, 2.75) is 12.5 Å². The zero-order valence-electron chi connectivity index (χ0n) is 13.9. The first-order chi connectivity index (χ1) is 12.2. The van der Waals surface area contributed by atoms with Crippen LogP contribution in [0.4, 0.5) is 10.2 Å². The lowest BCUT2D eigenvalue weighted by molar-refractivity contribution is 0.124. The van der Waals surface area contributed by atoms with E-state index in [-0.39, 0.29) is 5.82 Å². The standard InChI is InChI=1S/C19H21FN4O/c20-17-5-1-3-15(9-17)18(25)13-24-8-6-14(12-24)11-23-19-16(10-21)4-2-7-22-19/h1-5,7,9,14,18,25H,6,8,11-13H2,(H,22,23)/t14-,18-/m1/s1. The molecule has 0 saturated carbocycles. The molecule has 0 radical (unpaired) electrons. The number of aliphatic hydroxyl groups excluding tert-OH is 1. The fraction of sp³-hybridized carbons (Fsp3) is 0.368. The summed E-state index contributed by atoms with van der Waals surface area (Å²) in [5, 5.41) is 22.6. The molecule has 25 heavy (non-hydrogen) atoms. The van der Waals surface area contributed by atoms with Gasteiger partial charge in [-0.05, 0) is 48.7 Å². The van der Waals surface area contributed by atoms with Crippen LogP contribution >= 0.6 is 0 Å². The molecule has 0 unspecified atom stereocenters. The van der Waals surface area contributed by atoms with Gasteiger partial charge in [0.25, 0.3) is 0 Å². The highest BCUT2D eigenvalue weighted by molar-refractivity contribution is 5.51. The fourth-order valence-corrected chi connectivity index (χ4v) is 3.19. The van der Waals surface area contributed by atoms with Gasteiger partial charge < -0.3 is 15.3 Å². The van der Waals surface area contributed by atoms with Crippen LogP contribution < -0.4 is 5.32 Å². The van der Waals surface area contributed by atoms with Crippen LogP contribution in [0.5, 0.6) is 0 Å². The van der Waals surface area contributed by atoms with Gasteiger partial charge in [0, 0.05) is 25.8 Å². The summed E-state index contributed by atoms with van der Waals surface area (Å²) in [5.74, 6) is 0.709. The number of aromatic nitrogens is 1. The highest BCUT2D eigenvalue weighted by atomic mass is 19.1. The maximum absolute atomic E-state index is 13.3. The molecule has 1 aliphatic heterocycles. The molecule has 2 heterocycles. The minimum Gasteiger partial charge on any atom is -0.387 e. The van der Waals surface area contributed by atoms with Gasteiger partial charge in [0.2, 0.25) is 0 Å². The summed E-state index contributed by atoms with van der Waals surface area (Å²) in [7, 11) is 0. The maximum Gasteiger partial charge on any atom is 0.143 e. The quantitative estimate of drug-likeness (QED) is 0.846. The molecule has 0 amide bonds. The summed E-state index contributed by atoms with van der Waals surface area (Å²) >= 11 is 0. The monoisotopic (exact) mass is 340 g/mol. The van der Waals surface area contributed by atoms with Crippen molar-refractivity contribution in [3.8, 4) is 6.07 Å². The van der Waals surface area contributed by atoms with Crippen molar-refractivity contribution >= 4 is 5.82 Å². The van der Waals surface area contributed by atoms with Crippen LogP contribution in [0.1, 0.15) is 23.7 Å². The third-order valence-electron chi connectivity index (χ3n) is 4.52. The van der Waals surface area contributed by atoms with Crippen molar-refractivity contribution in [2.24, 2.45) is 5.92 Å². The molecular weight excluding hydrogens is 319 g/mol. The van der Waals surface area contributed by atoms with E-state index in [0.717, 1.165) is 26.1 Å². The van der Waals surface area contributed by atoms with Crippen LogP contribution in [0.15, 0.2) is 42.6 Å². The molecule has 1 aromatic carbocycles. The predicted molar refractivity (Wildman–Crippen MR) is 93.3 cm³/mol. The van der Waals surface area contributed by atoms with Crippen molar-refractivity contribution in [1.29, 1.82) is 5.26 Å². The summed E-state index contributed by atoms with van der Waals surface area (Å²) in [6.45, 7) is 2.98. The minimum absolute atomic E-state index is 0.330. The van der Waals surface area contributed by atoms with Crippen molar-refractivity contribution < 1.29 is 9.50 Å². The molecule has 3 rings (SSSR count). The largest absolute Gasteiger partial charge is 0.387 e. The highest BCUT2D eigenvalue weighted by Gasteiger charge is 2.24. The third-order valence-corrected chi connectivity index (χ3v) is 4.52. The molecule has 130 valence electrons. The lowest BCUT2D eigenvalue weighted by Gasteiger charge is -2.20. The molecule has 1 saturated heterocycles. The average molecular weight is 340 g/mol. The van der Waals surface area contributed by atoms with Gasteiger partial charge >= 0.3 is 0 Å². The smallest absolute Gasteiger partial charge is 0.143 e. The van der Waals surface area contributed by atoms with E-state index in [2.05, 4.69) is 21.3 Å². The third kappa shape index (κ3) is 4.53. The Balaban J connectivity index is 1.49. The summed E-state index contributed by atoms with van der Waals surface area (Å²) in [5.41, 5.74) is 1.15. The number of rotatable bonds is 6. The Morgan fingerprint density at radius 1 is 1.40 bits per heavy atom. The first-order valence-electron chi connectivity index (χ1n) is 8.40. The van der Waals surface area contributed by atoms with E-state index in [1.54, 1.807) is 30.5 Å². The molecule has 2 aromatic rings. The van der Waals surface area contributed by atoms with Gasteiger partial charge in [0.1, 0.15) is 17.7 Å². The molecule has 1 aliphatic rings. The number of β-amino-alcohol motifs (C(OH)–C–C–N with tert-alkyl or cyclic N) is 1. The van der Waals surface area contributed by atoms with E-state index in [1.165, 1.54) is 12.1 Å². The summed E-state index contributed by atoms with van der Waals surface area (Å²) in [6.07, 6.45) is 1.99. The van der Waals surface area contributed by atoms with Crippen LogP contribution in [0.3, 0.4) is 0 Å². The number of pyridine rings is 1. The second-order valence-electron chi connectivity index (χ2n) is 6.38. The Morgan fingerprint density at radius 3 is 3.08 bits per heavy atom. The average Bonchev–Trinajstić information content (AvgIpc) is 3.07. The topological polar surface area (TPSA) is 72.2 Å². The van der Waals surface area contributed by atoms with Crippen molar-refractivity contribution in [1.82, 2.24) is 9.88 Å². The number of anilines is 1. The van der Waals surface area contributed by atoms with Gasteiger partial charge in [0.15, 0.2) is 0 Å². The molecule has 1 aromatic heterocycles. The fourth-order valence-electron chi connectivity index (χ4n) is 3.19. The molecule has 0 aliphatic carbocycles. The second-order valence-corrected chi connectivity index (χ2v) is 6.38. The number of benzene rings is 1. The Bertz CT molecular complexity index is 761. The molecule has 0 bridgehead atoms. The van der Waals surface area contributed by atoms with E-state index < -0.39 is 6.10 Å². The molecule has 5 nitrogen and oxygen atoms in total. The van der Waals surface area contributed by atoms with Crippen LogP contribution in [-0.2, 0) is 0 Å². The first-order valence-corrected chi connectivity index (χ1v) is 8.40. The molecule has 1 fully saturated rings. The van der Waals surface area contributed by atoms with E-state index in [9.17, 15) is 9.50 Å². The molecule has 2 atom stereocenters. The number of halogens is 1. The van der Waals surface area contributed by atoms with Gasteiger partial charge in [0.05, 0.1) is 11.7 Å². The lowest BCUT2D eigenvalue weighted by Crippen LogP contribution is -2.28. The van der Waals surface area contributed by atoms with Gasteiger partial charge in [-0.1, -0.05) is 12.1 Å². The summed E-state index contributed by atoms with van der Waals surface area (Å²) in [6, 6.07) is 11.7. The number of nitrogens with zero attached hydrogens (tertiary/aromatic N) is 3. The van der Waals surface area contributed by atoms with E-state index in [4.69, 9.17) is 5.26 Å². The number of hydrogen-bond acceptors (Lipinski definition) is 5. The van der Waals surface area contributed by atoms with E-state index in [0.29, 0.717) is 29.4 Å². The van der Waals surface area contributed by atoms with Crippen molar-refractivity contribution in [2.75, 3.05) is 31.5 Å². The summed E-state index contributed by atoms with van der Waals surface area (Å²) in [4.78, 5) is 6.39. The Kier molecular flexibility index (Phi) is 5.59. The normalized spacial score (nSPS) is 18.7. The molecular formula is C19H21FN4O. The van der Waals surface area contributed by atoms with E-state index >= 15 is 0 Å². The molecule has 6 heteroatoms. The molecule has 2 N–H and O–H groups in total. The zero-order chi connectivity index (χ0) is 17.6. The minimum atomic E-state index is -0.691. The number of hydrogen-bond donors (Lipinski definition) is 2. The lowest BCUT2D eigenvalue weighted by atomic mass is 10.1. The van der Waals surface area contributed by atoms with Crippen LogP contribution in [0, 0.1) is 23.1 Å². The van der Waals surface area contributed by atoms with Crippen molar-refractivity contribution in [3.05, 3.63) is 59.5 Å². The SMILES string of the molecule is N#Cc1cccnc1NC[C@H]1CCN(C[C@@H](O)c2cccc(F)c2)C1. The highest BCUT2D eigenvalue weighted by Crippen LogP contribution is 2.22. The van der Waals surface area contributed by atoms with Gasteiger partial charge in [-0.2, -0.15) is 5.26 Å². The van der Waals surface area contributed by atoms with Gasteiger partial charge in [-0.25, -0.2) is 9.37 Å². The number of likely N-dealkylation sites (tertiary alicyclic amines) is 1. The van der Waals surface area contributed by atoms with E-state index in [1.807, 2.05) is 0 Å². The Labute approximate surface area is 146 Å². The van der Waals surface area contributed by atoms with Gasteiger partial charge in [-0.3, -0.25) is 0 Å². The summed E-state index contributed by atoms with van der Waals surface area (Å²) < 4.78 is 13.3. The van der Waals surface area contributed by atoms with Crippen LogP contribution in [-0.4, -0.2) is 41.2 Å². The Morgan fingerprint density at radius 2 is 2.28 bits per heavy atom. The Hall–Kier alpha value is -2.49. The van der Waals surface area contributed by atoms with Crippen LogP contribution in [0.25, 0.3) is 0 Å². The number of nitrogens with one attached hydrogen (secondary N) is 1. The maximum atomic E-state index is 13.3. The zero-order valence-corrected chi connectivity index (χ0v) is 13.9. The predicted octanol–water partition coefficient (Wildman–Crippen LogP) is 2.56. The number of aliphatic hydroxyl groups is 1. The van der Waals surface area contributed by atoms with Crippen LogP contribution in [0.2, 0.25) is 0 Å². The first kappa shape index (κ1) is 17.3.